The van der Waals surface area contributed by atoms with Crippen LogP contribution in [-0.4, -0.2) is 50.7 Å². The van der Waals surface area contributed by atoms with E-state index in [0.717, 1.165) is 38.3 Å². The van der Waals surface area contributed by atoms with Crippen molar-refractivity contribution in [2.75, 3.05) is 39.5 Å². The minimum Gasteiger partial charge on any atom is -0.489 e. The van der Waals surface area contributed by atoms with Gasteiger partial charge in [-0.2, -0.15) is 5.10 Å². The number of halogens is 1. The highest BCUT2D eigenvalue weighted by molar-refractivity contribution is 6.32. The van der Waals surface area contributed by atoms with Crippen LogP contribution in [0.4, 0.5) is 0 Å². The maximum atomic E-state index is 6.24. The topological polar surface area (TPSA) is 43.3 Å². The van der Waals surface area contributed by atoms with Gasteiger partial charge in [0.25, 0.3) is 0 Å². The molecule has 1 aromatic carbocycles. The fourth-order valence-corrected chi connectivity index (χ4v) is 2.42. The Balaban J connectivity index is 1.78. The van der Waals surface area contributed by atoms with E-state index in [4.69, 9.17) is 25.8 Å². The van der Waals surface area contributed by atoms with Crippen LogP contribution in [0.25, 0.3) is 0 Å². The minimum atomic E-state index is 0.563. The molecule has 0 aliphatic carbocycles. The highest BCUT2D eigenvalue weighted by atomic mass is 35.5. The van der Waals surface area contributed by atoms with Crippen molar-refractivity contribution in [1.29, 1.82) is 0 Å². The normalized spacial score (nSPS) is 19.1. The van der Waals surface area contributed by atoms with E-state index in [2.05, 4.69) is 5.10 Å². The molecule has 1 fully saturated rings. The van der Waals surface area contributed by atoms with Crippen LogP contribution in [0.2, 0.25) is 5.02 Å². The van der Waals surface area contributed by atoms with Gasteiger partial charge in [-0.25, -0.2) is 0 Å². The lowest BCUT2D eigenvalue weighted by molar-refractivity contribution is 0.0397. The fourth-order valence-electron chi connectivity index (χ4n) is 2.14. The van der Waals surface area contributed by atoms with E-state index >= 15 is 0 Å². The third kappa shape index (κ3) is 3.16. The van der Waals surface area contributed by atoms with Crippen molar-refractivity contribution in [2.24, 2.45) is 5.10 Å². The SMILES string of the molecule is Clc1cc(/C=N\N2CCOCC2)cc2c1OCCCO2. The molecule has 0 unspecified atom stereocenters. The Hall–Kier alpha value is -1.46. The highest BCUT2D eigenvalue weighted by Gasteiger charge is 2.15. The molecule has 0 aromatic heterocycles. The molecule has 0 radical (unpaired) electrons. The Morgan fingerprint density at radius 2 is 1.90 bits per heavy atom. The quantitative estimate of drug-likeness (QED) is 0.785. The van der Waals surface area contributed by atoms with Crippen LogP contribution in [0.1, 0.15) is 12.0 Å². The first kappa shape index (κ1) is 13.5. The zero-order chi connectivity index (χ0) is 13.8. The van der Waals surface area contributed by atoms with E-state index in [9.17, 15) is 0 Å². The van der Waals surface area contributed by atoms with Crippen molar-refractivity contribution in [1.82, 2.24) is 5.01 Å². The van der Waals surface area contributed by atoms with Crippen LogP contribution in [0, 0.1) is 0 Å². The van der Waals surface area contributed by atoms with Gasteiger partial charge >= 0.3 is 0 Å². The highest BCUT2D eigenvalue weighted by Crippen LogP contribution is 2.37. The molecule has 20 heavy (non-hydrogen) atoms. The Labute approximate surface area is 123 Å². The van der Waals surface area contributed by atoms with Crippen molar-refractivity contribution in [2.45, 2.75) is 6.42 Å². The molecule has 1 saturated heterocycles. The number of ether oxygens (including phenoxy) is 3. The summed E-state index contributed by atoms with van der Waals surface area (Å²) in [4.78, 5) is 0. The zero-order valence-electron chi connectivity index (χ0n) is 11.2. The maximum absolute atomic E-state index is 6.24. The summed E-state index contributed by atoms with van der Waals surface area (Å²) in [6.07, 6.45) is 2.66. The number of hydrazone groups is 1. The van der Waals surface area contributed by atoms with Gasteiger partial charge < -0.3 is 14.2 Å². The number of nitrogens with zero attached hydrogens (tertiary/aromatic N) is 2. The standard InChI is InChI=1S/C14H17ClN2O3/c15-12-8-11(10-16-17-2-6-18-7-3-17)9-13-14(12)20-5-1-4-19-13/h8-10H,1-7H2/b16-10-. The zero-order valence-corrected chi connectivity index (χ0v) is 11.9. The molecule has 1 aromatic rings. The lowest BCUT2D eigenvalue weighted by Gasteiger charge is -2.23. The molecule has 3 rings (SSSR count). The predicted molar refractivity (Wildman–Crippen MR) is 77.0 cm³/mol. The van der Waals surface area contributed by atoms with Crippen molar-refractivity contribution in [3.8, 4) is 11.5 Å². The number of hydrogen-bond donors (Lipinski definition) is 0. The van der Waals surface area contributed by atoms with E-state index in [0.29, 0.717) is 29.7 Å². The Morgan fingerprint density at radius 3 is 2.75 bits per heavy atom. The molecular weight excluding hydrogens is 280 g/mol. The first-order chi connectivity index (χ1) is 9.83. The summed E-state index contributed by atoms with van der Waals surface area (Å²) in [6.45, 7) is 4.35. The van der Waals surface area contributed by atoms with Gasteiger partial charge in [0.2, 0.25) is 0 Å². The van der Waals surface area contributed by atoms with Crippen LogP contribution in [-0.2, 0) is 4.74 Å². The Bertz CT molecular complexity index is 501. The number of benzene rings is 1. The van der Waals surface area contributed by atoms with E-state index in [-0.39, 0.29) is 0 Å². The third-order valence-electron chi connectivity index (χ3n) is 3.18. The predicted octanol–water partition coefficient (Wildman–Crippen LogP) is 2.17. The largest absolute Gasteiger partial charge is 0.489 e. The van der Waals surface area contributed by atoms with Crippen molar-refractivity contribution >= 4 is 17.8 Å². The molecule has 0 amide bonds. The van der Waals surface area contributed by atoms with Crippen molar-refractivity contribution in [3.63, 3.8) is 0 Å². The second-order valence-corrected chi connectivity index (χ2v) is 5.10. The van der Waals surface area contributed by atoms with Crippen molar-refractivity contribution in [3.05, 3.63) is 22.7 Å². The number of fused-ring (bicyclic) bond motifs is 1. The second kappa shape index (κ2) is 6.33. The van der Waals surface area contributed by atoms with E-state index in [1.807, 2.05) is 17.1 Å². The molecule has 2 aliphatic rings. The maximum Gasteiger partial charge on any atom is 0.179 e. The van der Waals surface area contributed by atoms with Gasteiger partial charge in [0.15, 0.2) is 11.5 Å². The number of hydrogen-bond acceptors (Lipinski definition) is 5. The van der Waals surface area contributed by atoms with Gasteiger partial charge in [0.05, 0.1) is 50.8 Å². The molecule has 2 aliphatic heterocycles. The van der Waals surface area contributed by atoms with Crippen LogP contribution < -0.4 is 9.47 Å². The van der Waals surface area contributed by atoms with Crippen LogP contribution in [0.5, 0.6) is 11.5 Å². The van der Waals surface area contributed by atoms with Crippen molar-refractivity contribution < 1.29 is 14.2 Å². The first-order valence-electron chi connectivity index (χ1n) is 6.79. The number of rotatable bonds is 2. The van der Waals surface area contributed by atoms with Gasteiger partial charge in [0, 0.05) is 6.42 Å². The average molecular weight is 297 g/mol. The lowest BCUT2D eigenvalue weighted by atomic mass is 10.2. The summed E-state index contributed by atoms with van der Waals surface area (Å²) in [5.74, 6) is 1.33. The van der Waals surface area contributed by atoms with E-state index in [1.165, 1.54) is 0 Å². The minimum absolute atomic E-state index is 0.563. The summed E-state index contributed by atoms with van der Waals surface area (Å²) < 4.78 is 16.5. The summed E-state index contributed by atoms with van der Waals surface area (Å²) in [6, 6.07) is 3.76. The van der Waals surface area contributed by atoms with E-state index < -0.39 is 0 Å². The Kier molecular flexibility index (Phi) is 4.28. The summed E-state index contributed by atoms with van der Waals surface area (Å²) in [5, 5.41) is 6.99. The number of morpholine rings is 1. The molecule has 0 N–H and O–H groups in total. The monoisotopic (exact) mass is 296 g/mol. The molecular formula is C14H17ClN2O3. The third-order valence-corrected chi connectivity index (χ3v) is 3.46. The van der Waals surface area contributed by atoms with Gasteiger partial charge in [-0.1, -0.05) is 11.6 Å². The van der Waals surface area contributed by atoms with Gasteiger partial charge in [-0.3, -0.25) is 5.01 Å². The second-order valence-electron chi connectivity index (χ2n) is 4.69. The Morgan fingerprint density at radius 1 is 1.10 bits per heavy atom. The van der Waals surface area contributed by atoms with Gasteiger partial charge in [0.1, 0.15) is 0 Å². The molecule has 0 saturated carbocycles. The van der Waals surface area contributed by atoms with E-state index in [1.54, 1.807) is 6.21 Å². The lowest BCUT2D eigenvalue weighted by Crippen LogP contribution is -2.32. The molecule has 0 spiro atoms. The molecule has 6 heteroatoms. The van der Waals surface area contributed by atoms with Crippen LogP contribution in [0.15, 0.2) is 17.2 Å². The molecule has 0 atom stereocenters. The van der Waals surface area contributed by atoms with Gasteiger partial charge in [-0.15, -0.1) is 0 Å². The first-order valence-corrected chi connectivity index (χ1v) is 7.16. The molecule has 108 valence electrons. The van der Waals surface area contributed by atoms with Gasteiger partial charge in [-0.05, 0) is 17.7 Å². The molecule has 0 bridgehead atoms. The molecule has 2 heterocycles. The molecule has 5 nitrogen and oxygen atoms in total. The van der Waals surface area contributed by atoms with Crippen LogP contribution >= 0.6 is 11.6 Å². The van der Waals surface area contributed by atoms with Crippen LogP contribution in [0.3, 0.4) is 0 Å². The smallest absolute Gasteiger partial charge is 0.179 e. The summed E-state index contributed by atoms with van der Waals surface area (Å²) >= 11 is 6.24. The summed E-state index contributed by atoms with van der Waals surface area (Å²) in [7, 11) is 0. The summed E-state index contributed by atoms with van der Waals surface area (Å²) in [5.41, 5.74) is 0.908. The average Bonchev–Trinajstić information content (AvgIpc) is 2.72. The fraction of sp³-hybridized carbons (Fsp3) is 0.500.